The molecule has 1 aliphatic rings. The number of benzene rings is 3. The predicted molar refractivity (Wildman–Crippen MR) is 114 cm³/mol. The van der Waals surface area contributed by atoms with Gasteiger partial charge in [0.1, 0.15) is 0 Å². The van der Waals surface area contributed by atoms with Gasteiger partial charge < -0.3 is 5.32 Å². The van der Waals surface area contributed by atoms with E-state index >= 15 is 0 Å². The minimum Gasteiger partial charge on any atom is -0.344 e. The Morgan fingerprint density at radius 2 is 1.32 bits per heavy atom. The summed E-state index contributed by atoms with van der Waals surface area (Å²) in [6, 6.07) is 28.9. The van der Waals surface area contributed by atoms with Gasteiger partial charge in [0, 0.05) is 0 Å². The van der Waals surface area contributed by atoms with Gasteiger partial charge in [-0.1, -0.05) is 103 Å². The Morgan fingerprint density at radius 3 is 1.93 bits per heavy atom. The lowest BCUT2D eigenvalue weighted by Crippen LogP contribution is -2.44. The van der Waals surface area contributed by atoms with Crippen molar-refractivity contribution >= 4 is 5.91 Å². The number of nitrogens with one attached hydrogen (secondary N) is 1. The molecule has 0 heterocycles. The van der Waals surface area contributed by atoms with Gasteiger partial charge in [0.25, 0.3) is 0 Å². The molecule has 0 aromatic heterocycles. The Balaban J connectivity index is 1.70. The summed E-state index contributed by atoms with van der Waals surface area (Å²) in [5.41, 5.74) is 4.17. The second-order valence-corrected chi connectivity index (χ2v) is 7.88. The van der Waals surface area contributed by atoms with Crippen molar-refractivity contribution < 1.29 is 4.79 Å². The van der Waals surface area contributed by atoms with E-state index in [-0.39, 0.29) is 11.9 Å². The van der Waals surface area contributed by atoms with Crippen molar-refractivity contribution in [2.75, 3.05) is 0 Å². The van der Waals surface area contributed by atoms with Crippen LogP contribution in [0.4, 0.5) is 0 Å². The lowest BCUT2D eigenvalue weighted by molar-refractivity contribution is -0.127. The van der Waals surface area contributed by atoms with Crippen molar-refractivity contribution in [2.24, 2.45) is 0 Å². The van der Waals surface area contributed by atoms with Crippen LogP contribution in [-0.2, 0) is 10.2 Å². The van der Waals surface area contributed by atoms with Crippen molar-refractivity contribution in [1.82, 2.24) is 5.32 Å². The molecule has 0 bridgehead atoms. The first kappa shape index (κ1) is 18.5. The van der Waals surface area contributed by atoms with Crippen LogP contribution in [-0.4, -0.2) is 5.91 Å². The quantitative estimate of drug-likeness (QED) is 0.613. The summed E-state index contributed by atoms with van der Waals surface area (Å²) < 4.78 is 0. The van der Waals surface area contributed by atoms with E-state index in [1.807, 2.05) is 36.4 Å². The summed E-state index contributed by atoms with van der Waals surface area (Å²) in [6.45, 7) is 2.09. The van der Waals surface area contributed by atoms with Crippen LogP contribution in [0.1, 0.15) is 54.0 Å². The molecule has 2 nitrogen and oxygen atoms in total. The van der Waals surface area contributed by atoms with Gasteiger partial charge >= 0.3 is 0 Å². The highest BCUT2D eigenvalue weighted by molar-refractivity contribution is 5.89. The van der Waals surface area contributed by atoms with Crippen molar-refractivity contribution in [3.05, 3.63) is 107 Å². The van der Waals surface area contributed by atoms with Crippen LogP contribution in [0.5, 0.6) is 0 Å². The number of aryl methyl sites for hydroxylation is 1. The average molecular weight is 370 g/mol. The van der Waals surface area contributed by atoms with Gasteiger partial charge in [0.05, 0.1) is 11.5 Å². The monoisotopic (exact) mass is 369 g/mol. The third kappa shape index (κ3) is 3.60. The van der Waals surface area contributed by atoms with Crippen LogP contribution in [0, 0.1) is 6.92 Å². The zero-order valence-corrected chi connectivity index (χ0v) is 16.4. The van der Waals surface area contributed by atoms with E-state index in [1.165, 1.54) is 5.56 Å². The maximum Gasteiger partial charge on any atom is 0.231 e. The van der Waals surface area contributed by atoms with Crippen LogP contribution >= 0.6 is 0 Å². The average Bonchev–Trinajstić information content (AvgIpc) is 3.25. The first-order valence-corrected chi connectivity index (χ1v) is 10.2. The van der Waals surface area contributed by atoms with Gasteiger partial charge in [-0.3, -0.25) is 4.79 Å². The van der Waals surface area contributed by atoms with E-state index in [9.17, 15) is 4.79 Å². The molecule has 1 unspecified atom stereocenters. The number of carbonyl (C=O) groups is 1. The maximum absolute atomic E-state index is 13.7. The fourth-order valence-electron chi connectivity index (χ4n) is 4.42. The lowest BCUT2D eigenvalue weighted by atomic mass is 9.77. The summed E-state index contributed by atoms with van der Waals surface area (Å²) >= 11 is 0. The fraction of sp³-hybridized carbons (Fsp3) is 0.269. The van der Waals surface area contributed by atoms with Crippen molar-refractivity contribution in [3.63, 3.8) is 0 Å². The Labute approximate surface area is 167 Å². The molecule has 1 fully saturated rings. The van der Waals surface area contributed by atoms with Crippen LogP contribution in [0.25, 0.3) is 0 Å². The van der Waals surface area contributed by atoms with Crippen molar-refractivity contribution in [1.29, 1.82) is 0 Å². The minimum atomic E-state index is -0.418. The van der Waals surface area contributed by atoms with E-state index in [1.54, 1.807) is 0 Å². The normalized spacial score (nSPS) is 16.5. The van der Waals surface area contributed by atoms with Gasteiger partial charge in [-0.25, -0.2) is 0 Å². The molecular formula is C26H27NO. The fourth-order valence-corrected chi connectivity index (χ4v) is 4.42. The second-order valence-electron chi connectivity index (χ2n) is 7.88. The summed E-state index contributed by atoms with van der Waals surface area (Å²) in [5, 5.41) is 3.41. The molecule has 0 aliphatic heterocycles. The van der Waals surface area contributed by atoms with E-state index < -0.39 is 5.41 Å². The molecule has 0 saturated heterocycles. The van der Waals surface area contributed by atoms with Gasteiger partial charge in [0.2, 0.25) is 5.91 Å². The number of carbonyl (C=O) groups excluding carboxylic acids is 1. The second kappa shape index (κ2) is 8.02. The molecule has 3 aromatic rings. The van der Waals surface area contributed by atoms with Crippen LogP contribution in [0.2, 0.25) is 0 Å². The predicted octanol–water partition coefficient (Wildman–Crippen LogP) is 5.71. The summed E-state index contributed by atoms with van der Waals surface area (Å²) in [7, 11) is 0. The van der Waals surface area contributed by atoms with Gasteiger partial charge in [-0.15, -0.1) is 0 Å². The number of hydrogen-bond donors (Lipinski definition) is 1. The van der Waals surface area contributed by atoms with Crippen molar-refractivity contribution in [3.8, 4) is 0 Å². The minimum absolute atomic E-state index is 0.143. The van der Waals surface area contributed by atoms with Crippen LogP contribution in [0.3, 0.4) is 0 Å². The maximum atomic E-state index is 13.7. The van der Waals surface area contributed by atoms with Gasteiger partial charge in [-0.2, -0.15) is 0 Å². The zero-order chi connectivity index (χ0) is 19.4. The third-order valence-corrected chi connectivity index (χ3v) is 6.04. The first-order chi connectivity index (χ1) is 13.7. The molecule has 142 valence electrons. The molecule has 1 N–H and O–H groups in total. The van der Waals surface area contributed by atoms with E-state index in [0.29, 0.717) is 0 Å². The van der Waals surface area contributed by atoms with E-state index in [2.05, 4.69) is 60.8 Å². The molecule has 1 amide bonds. The molecule has 0 radical (unpaired) electrons. The number of amides is 1. The highest BCUT2D eigenvalue weighted by Gasteiger charge is 2.43. The smallest absolute Gasteiger partial charge is 0.231 e. The Morgan fingerprint density at radius 1 is 0.786 bits per heavy atom. The first-order valence-electron chi connectivity index (χ1n) is 10.2. The van der Waals surface area contributed by atoms with Gasteiger partial charge in [-0.05, 0) is 36.5 Å². The summed E-state index contributed by atoms with van der Waals surface area (Å²) in [6.07, 6.45) is 4.03. The third-order valence-electron chi connectivity index (χ3n) is 6.04. The highest BCUT2D eigenvalue weighted by Crippen LogP contribution is 2.42. The zero-order valence-electron chi connectivity index (χ0n) is 16.4. The van der Waals surface area contributed by atoms with Crippen LogP contribution < -0.4 is 5.32 Å². The molecule has 1 saturated carbocycles. The topological polar surface area (TPSA) is 29.1 Å². The SMILES string of the molecule is Cc1ccc(C(NC(=O)C2(c3ccccc3)CCCC2)c2ccccc2)cc1. The number of hydrogen-bond acceptors (Lipinski definition) is 1. The molecular weight excluding hydrogens is 342 g/mol. The van der Waals surface area contributed by atoms with Crippen LogP contribution in [0.15, 0.2) is 84.9 Å². The Kier molecular flexibility index (Phi) is 5.29. The molecule has 1 atom stereocenters. The largest absolute Gasteiger partial charge is 0.344 e. The summed E-state index contributed by atoms with van der Waals surface area (Å²) in [5.74, 6) is 0.144. The number of rotatable bonds is 5. The lowest BCUT2D eigenvalue weighted by Gasteiger charge is -2.31. The van der Waals surface area contributed by atoms with Crippen molar-refractivity contribution in [2.45, 2.75) is 44.1 Å². The molecule has 2 heteroatoms. The molecule has 4 rings (SSSR count). The molecule has 3 aromatic carbocycles. The highest BCUT2D eigenvalue weighted by atomic mass is 16.2. The standard InChI is InChI=1S/C26H27NO/c1-20-14-16-22(17-15-20)24(21-10-4-2-5-11-21)27-25(28)26(18-8-9-19-26)23-12-6-3-7-13-23/h2-7,10-17,24H,8-9,18-19H2,1H3,(H,27,28). The molecule has 1 aliphatic carbocycles. The molecule has 0 spiro atoms. The van der Waals surface area contributed by atoms with E-state index in [4.69, 9.17) is 0 Å². The Bertz CT molecular complexity index is 910. The Hall–Kier alpha value is -2.87. The summed E-state index contributed by atoms with van der Waals surface area (Å²) in [4.78, 5) is 13.7. The van der Waals surface area contributed by atoms with Gasteiger partial charge in [0.15, 0.2) is 0 Å². The van der Waals surface area contributed by atoms with E-state index in [0.717, 1.165) is 42.4 Å². The molecule has 28 heavy (non-hydrogen) atoms.